The lowest BCUT2D eigenvalue weighted by Gasteiger charge is -2.33. The molecule has 3 N–H and O–H groups in total. The van der Waals surface area contributed by atoms with Crippen LogP contribution in [0.2, 0.25) is 5.02 Å². The van der Waals surface area contributed by atoms with Crippen LogP contribution in [-0.2, 0) is 11.3 Å². The van der Waals surface area contributed by atoms with Crippen molar-refractivity contribution in [1.82, 2.24) is 4.90 Å². The van der Waals surface area contributed by atoms with Crippen molar-refractivity contribution in [2.75, 3.05) is 6.54 Å². The van der Waals surface area contributed by atoms with Gasteiger partial charge < -0.3 is 10.8 Å². The van der Waals surface area contributed by atoms with Gasteiger partial charge >= 0.3 is 0 Å². The molecule has 5 nitrogen and oxygen atoms in total. The lowest BCUT2D eigenvalue weighted by Crippen LogP contribution is -2.47. The van der Waals surface area contributed by atoms with Crippen LogP contribution < -0.4 is 5.73 Å². The number of nitrogens with zero attached hydrogens (tertiary/aromatic N) is 1. The van der Waals surface area contributed by atoms with Crippen molar-refractivity contribution < 1.29 is 14.7 Å². The first-order valence-electron chi connectivity index (χ1n) is 6.96. The van der Waals surface area contributed by atoms with Gasteiger partial charge in [-0.05, 0) is 38.4 Å². The first kappa shape index (κ1) is 15.8. The number of carbonyl (C=O) groups excluding carboxylic acids is 2. The molecule has 1 aliphatic rings. The molecule has 1 saturated heterocycles. The van der Waals surface area contributed by atoms with E-state index in [1.165, 1.54) is 13.0 Å². The molecule has 0 saturated carbocycles. The Hall–Kier alpha value is -1.59. The first-order chi connectivity index (χ1) is 9.90. The molecule has 1 fully saturated rings. The van der Waals surface area contributed by atoms with Crippen molar-refractivity contribution in [2.45, 2.75) is 38.8 Å². The Kier molecular flexibility index (Phi) is 4.85. The van der Waals surface area contributed by atoms with Crippen LogP contribution in [0.3, 0.4) is 0 Å². The van der Waals surface area contributed by atoms with E-state index in [4.69, 9.17) is 17.3 Å². The summed E-state index contributed by atoms with van der Waals surface area (Å²) in [5, 5.41) is 10.6. The molecular formula is C15H19ClN2O3. The summed E-state index contributed by atoms with van der Waals surface area (Å²) in [5.41, 5.74) is 6.18. The fourth-order valence-corrected chi connectivity index (χ4v) is 3.01. The van der Waals surface area contributed by atoms with Gasteiger partial charge in [-0.1, -0.05) is 18.0 Å². The van der Waals surface area contributed by atoms with Crippen molar-refractivity contribution in [3.63, 3.8) is 0 Å². The maximum absolute atomic E-state index is 11.5. The topological polar surface area (TPSA) is 83.6 Å². The van der Waals surface area contributed by atoms with Crippen LogP contribution in [-0.4, -0.2) is 34.3 Å². The van der Waals surface area contributed by atoms with Gasteiger partial charge in [-0.2, -0.15) is 0 Å². The highest BCUT2D eigenvalue weighted by atomic mass is 35.5. The standard InChI is InChI=1S/C15H19ClN2O3/c1-9(19)12-7-11(16)6-10(14(12)20)8-18-5-3-2-4-13(18)15(17)21/h6-7,13,20H,2-5,8H2,1H3,(H2,17,21). The summed E-state index contributed by atoms with van der Waals surface area (Å²) in [7, 11) is 0. The quantitative estimate of drug-likeness (QED) is 0.834. The molecule has 114 valence electrons. The van der Waals surface area contributed by atoms with Crippen LogP contribution in [0.4, 0.5) is 0 Å². The Bertz CT molecular complexity index is 574. The summed E-state index contributed by atoms with van der Waals surface area (Å²) in [6.45, 7) is 2.46. The molecule has 0 radical (unpaired) electrons. The smallest absolute Gasteiger partial charge is 0.234 e. The minimum absolute atomic E-state index is 0.0688. The van der Waals surface area contributed by atoms with E-state index in [1.54, 1.807) is 6.07 Å². The lowest BCUT2D eigenvalue weighted by molar-refractivity contribution is -0.124. The highest BCUT2D eigenvalue weighted by Gasteiger charge is 2.28. The van der Waals surface area contributed by atoms with E-state index in [0.717, 1.165) is 25.8 Å². The van der Waals surface area contributed by atoms with E-state index in [0.29, 0.717) is 17.1 Å². The van der Waals surface area contributed by atoms with Crippen molar-refractivity contribution >= 4 is 23.3 Å². The Balaban J connectivity index is 2.30. The molecule has 1 amide bonds. The third-order valence-electron chi connectivity index (χ3n) is 3.85. The number of phenols is 1. The number of hydrogen-bond acceptors (Lipinski definition) is 4. The normalized spacial score (nSPS) is 19.4. The zero-order valence-electron chi connectivity index (χ0n) is 11.9. The second-order valence-corrected chi connectivity index (χ2v) is 5.84. The molecule has 1 atom stereocenters. The number of aromatic hydroxyl groups is 1. The van der Waals surface area contributed by atoms with Crippen LogP contribution in [0.1, 0.15) is 42.1 Å². The van der Waals surface area contributed by atoms with Crippen molar-refractivity contribution in [2.24, 2.45) is 5.73 Å². The third kappa shape index (κ3) is 3.54. The summed E-state index contributed by atoms with van der Waals surface area (Å²) in [6, 6.07) is 2.73. The van der Waals surface area contributed by atoms with E-state index in [9.17, 15) is 14.7 Å². The van der Waals surface area contributed by atoms with Gasteiger partial charge in [0.05, 0.1) is 11.6 Å². The Morgan fingerprint density at radius 3 is 2.76 bits per heavy atom. The summed E-state index contributed by atoms with van der Waals surface area (Å²) in [4.78, 5) is 25.0. The Morgan fingerprint density at radius 1 is 1.43 bits per heavy atom. The van der Waals surface area contributed by atoms with E-state index in [2.05, 4.69) is 0 Å². The average molecular weight is 311 g/mol. The number of piperidine rings is 1. The number of likely N-dealkylation sites (tertiary alicyclic amines) is 1. The van der Waals surface area contributed by atoms with Crippen molar-refractivity contribution in [1.29, 1.82) is 0 Å². The van der Waals surface area contributed by atoms with Gasteiger partial charge in [-0.15, -0.1) is 0 Å². The second kappa shape index (κ2) is 6.45. The van der Waals surface area contributed by atoms with Gasteiger partial charge in [-0.25, -0.2) is 0 Å². The second-order valence-electron chi connectivity index (χ2n) is 5.40. The van der Waals surface area contributed by atoms with E-state index >= 15 is 0 Å². The number of halogens is 1. The van der Waals surface area contributed by atoms with Crippen LogP contribution >= 0.6 is 11.6 Å². The van der Waals surface area contributed by atoms with Crippen LogP contribution in [0.25, 0.3) is 0 Å². The highest BCUT2D eigenvalue weighted by molar-refractivity contribution is 6.31. The van der Waals surface area contributed by atoms with Gasteiger partial charge in [0, 0.05) is 17.1 Å². The summed E-state index contributed by atoms with van der Waals surface area (Å²) in [5.74, 6) is -0.676. The largest absolute Gasteiger partial charge is 0.507 e. The summed E-state index contributed by atoms with van der Waals surface area (Å²) >= 11 is 6.01. The number of phenolic OH excluding ortho intramolecular Hbond substituents is 1. The molecule has 1 heterocycles. The van der Waals surface area contributed by atoms with Crippen molar-refractivity contribution in [3.8, 4) is 5.75 Å². The minimum atomic E-state index is -0.358. The molecule has 6 heteroatoms. The van der Waals surface area contributed by atoms with Gasteiger partial charge in [0.15, 0.2) is 5.78 Å². The molecule has 1 unspecified atom stereocenters. The maximum Gasteiger partial charge on any atom is 0.234 e. The zero-order valence-corrected chi connectivity index (χ0v) is 12.7. The number of nitrogens with two attached hydrogens (primary N) is 1. The number of primary amides is 1. The zero-order chi connectivity index (χ0) is 15.6. The number of rotatable bonds is 4. The molecule has 0 bridgehead atoms. The Morgan fingerprint density at radius 2 is 2.14 bits per heavy atom. The van der Waals surface area contributed by atoms with Gasteiger partial charge in [0.1, 0.15) is 5.75 Å². The van der Waals surface area contributed by atoms with E-state index in [-0.39, 0.29) is 29.0 Å². The van der Waals surface area contributed by atoms with Gasteiger partial charge in [0.25, 0.3) is 0 Å². The molecule has 1 aromatic carbocycles. The SMILES string of the molecule is CC(=O)c1cc(Cl)cc(CN2CCCCC2C(N)=O)c1O. The molecule has 1 aromatic rings. The maximum atomic E-state index is 11.5. The molecular weight excluding hydrogens is 292 g/mol. The third-order valence-corrected chi connectivity index (χ3v) is 4.07. The van der Waals surface area contributed by atoms with Crippen molar-refractivity contribution in [3.05, 3.63) is 28.3 Å². The minimum Gasteiger partial charge on any atom is -0.507 e. The van der Waals surface area contributed by atoms with Crippen LogP contribution in [0.5, 0.6) is 5.75 Å². The molecule has 0 aromatic heterocycles. The average Bonchev–Trinajstić information content (AvgIpc) is 2.42. The Labute approximate surface area is 128 Å². The van der Waals surface area contributed by atoms with E-state index in [1.807, 2.05) is 4.90 Å². The van der Waals surface area contributed by atoms with Gasteiger partial charge in [-0.3, -0.25) is 14.5 Å². The summed E-state index contributed by atoms with van der Waals surface area (Å²) in [6.07, 6.45) is 2.66. The number of ketones is 1. The molecule has 21 heavy (non-hydrogen) atoms. The number of amides is 1. The lowest BCUT2D eigenvalue weighted by atomic mass is 9.99. The summed E-state index contributed by atoms with van der Waals surface area (Å²) < 4.78 is 0. The molecule has 0 spiro atoms. The number of benzene rings is 1. The fourth-order valence-electron chi connectivity index (χ4n) is 2.77. The number of hydrogen-bond donors (Lipinski definition) is 2. The molecule has 2 rings (SSSR count). The highest BCUT2D eigenvalue weighted by Crippen LogP contribution is 2.30. The molecule has 0 aliphatic carbocycles. The van der Waals surface area contributed by atoms with Crippen LogP contribution in [0.15, 0.2) is 12.1 Å². The monoisotopic (exact) mass is 310 g/mol. The van der Waals surface area contributed by atoms with Crippen LogP contribution in [0, 0.1) is 0 Å². The first-order valence-corrected chi connectivity index (χ1v) is 7.33. The fraction of sp³-hybridized carbons (Fsp3) is 0.467. The number of carbonyl (C=O) groups is 2. The number of Topliss-reactive ketones (excluding diaryl/α,β-unsaturated/α-hetero) is 1. The van der Waals surface area contributed by atoms with E-state index < -0.39 is 0 Å². The predicted octanol–water partition coefficient (Wildman–Crippen LogP) is 2.09. The molecule has 1 aliphatic heterocycles. The van der Waals surface area contributed by atoms with Gasteiger partial charge in [0.2, 0.25) is 5.91 Å². The predicted molar refractivity (Wildman–Crippen MR) is 80.4 cm³/mol.